The fraction of sp³-hybridized carbons (Fsp3) is 0.400. The van der Waals surface area contributed by atoms with Gasteiger partial charge in [0.1, 0.15) is 6.10 Å². The number of aliphatic hydroxyl groups excluding tert-OH is 2. The molecule has 2 N–H and O–H groups in total. The molecule has 1 aromatic carbocycles. The van der Waals surface area contributed by atoms with Crippen molar-refractivity contribution in [2.75, 3.05) is 0 Å². The molecule has 0 fully saturated rings. The van der Waals surface area contributed by atoms with E-state index in [1.807, 2.05) is 31.2 Å². The minimum Gasteiger partial charge on any atom is -0.390 e. The summed E-state index contributed by atoms with van der Waals surface area (Å²) >= 11 is 2.15. The van der Waals surface area contributed by atoms with E-state index in [2.05, 4.69) is 22.6 Å². The third-order valence-corrected chi connectivity index (χ3v) is 2.99. The number of hydrogen-bond donors (Lipinski definition) is 2. The average Bonchev–Trinajstić information content (AvgIpc) is 2.16. The topological polar surface area (TPSA) is 40.5 Å². The van der Waals surface area contributed by atoms with Crippen LogP contribution in [0.5, 0.6) is 0 Å². The smallest absolute Gasteiger partial charge is 0.106 e. The molecule has 0 aliphatic heterocycles. The zero-order valence-corrected chi connectivity index (χ0v) is 9.60. The molecule has 13 heavy (non-hydrogen) atoms. The minimum atomic E-state index is -0.766. The van der Waals surface area contributed by atoms with Gasteiger partial charge in [-0.1, -0.05) is 25.1 Å². The molecule has 0 spiro atoms. The van der Waals surface area contributed by atoms with E-state index >= 15 is 0 Å². The molecule has 0 aromatic heterocycles. The molecule has 1 rings (SSSR count). The largest absolute Gasteiger partial charge is 0.390 e. The second-order valence-electron chi connectivity index (χ2n) is 2.94. The fourth-order valence-corrected chi connectivity index (χ4v) is 1.85. The van der Waals surface area contributed by atoms with Crippen LogP contribution in [-0.2, 0) is 0 Å². The van der Waals surface area contributed by atoms with E-state index in [4.69, 9.17) is 0 Å². The lowest BCUT2D eigenvalue weighted by atomic mass is 10.0. The summed E-state index contributed by atoms with van der Waals surface area (Å²) in [5.41, 5.74) is 0.803. The first kappa shape index (κ1) is 10.9. The van der Waals surface area contributed by atoms with E-state index in [1.54, 1.807) is 0 Å². The maximum Gasteiger partial charge on any atom is 0.106 e. The molecule has 2 unspecified atom stereocenters. The van der Waals surface area contributed by atoms with Gasteiger partial charge in [-0.25, -0.2) is 0 Å². The normalized spacial score (nSPS) is 15.4. The number of aliphatic hydroxyl groups is 2. The Kier molecular flexibility index (Phi) is 4.15. The average molecular weight is 292 g/mol. The van der Waals surface area contributed by atoms with Crippen molar-refractivity contribution in [3.63, 3.8) is 0 Å². The van der Waals surface area contributed by atoms with Gasteiger partial charge in [0, 0.05) is 3.57 Å². The molecule has 0 saturated carbocycles. The molecule has 3 heteroatoms. The molecule has 0 radical (unpaired) electrons. The number of hydrogen-bond acceptors (Lipinski definition) is 2. The quantitative estimate of drug-likeness (QED) is 0.838. The van der Waals surface area contributed by atoms with E-state index < -0.39 is 12.2 Å². The van der Waals surface area contributed by atoms with E-state index in [0.717, 1.165) is 9.13 Å². The van der Waals surface area contributed by atoms with Gasteiger partial charge in [-0.3, -0.25) is 0 Å². The first-order chi connectivity index (χ1) is 6.16. The van der Waals surface area contributed by atoms with Crippen molar-refractivity contribution >= 4 is 22.6 Å². The minimum absolute atomic E-state index is 0.562. The van der Waals surface area contributed by atoms with Gasteiger partial charge in [0.05, 0.1) is 6.10 Å². The predicted molar refractivity (Wildman–Crippen MR) is 60.4 cm³/mol. The third-order valence-electron chi connectivity index (χ3n) is 2.01. The van der Waals surface area contributed by atoms with E-state index in [1.165, 1.54) is 0 Å². The highest BCUT2D eigenvalue weighted by Crippen LogP contribution is 2.23. The molecule has 0 amide bonds. The van der Waals surface area contributed by atoms with Gasteiger partial charge in [-0.05, 0) is 40.6 Å². The Morgan fingerprint density at radius 3 is 2.46 bits per heavy atom. The number of halogens is 1. The van der Waals surface area contributed by atoms with Crippen molar-refractivity contribution < 1.29 is 10.2 Å². The van der Waals surface area contributed by atoms with Gasteiger partial charge in [0.25, 0.3) is 0 Å². The number of rotatable bonds is 3. The molecule has 0 saturated heterocycles. The SMILES string of the molecule is CCC(O)C(O)c1ccccc1I. The van der Waals surface area contributed by atoms with Crippen LogP contribution in [-0.4, -0.2) is 16.3 Å². The van der Waals surface area contributed by atoms with Gasteiger partial charge in [0.2, 0.25) is 0 Å². The van der Waals surface area contributed by atoms with Crippen molar-refractivity contribution in [2.24, 2.45) is 0 Å². The summed E-state index contributed by atoms with van der Waals surface area (Å²) < 4.78 is 0.986. The zero-order valence-electron chi connectivity index (χ0n) is 7.44. The molecule has 1 aromatic rings. The monoisotopic (exact) mass is 292 g/mol. The van der Waals surface area contributed by atoms with Crippen LogP contribution in [0, 0.1) is 3.57 Å². The van der Waals surface area contributed by atoms with Gasteiger partial charge < -0.3 is 10.2 Å². The molecule has 0 aliphatic carbocycles. The van der Waals surface area contributed by atoms with E-state index in [9.17, 15) is 10.2 Å². The summed E-state index contributed by atoms with van der Waals surface area (Å²) in [6.45, 7) is 1.85. The van der Waals surface area contributed by atoms with Gasteiger partial charge in [-0.2, -0.15) is 0 Å². The Balaban J connectivity index is 2.88. The highest BCUT2D eigenvalue weighted by atomic mass is 127. The van der Waals surface area contributed by atoms with Crippen LogP contribution in [0.15, 0.2) is 24.3 Å². The van der Waals surface area contributed by atoms with Crippen LogP contribution in [0.4, 0.5) is 0 Å². The van der Waals surface area contributed by atoms with Crippen LogP contribution in [0.3, 0.4) is 0 Å². The van der Waals surface area contributed by atoms with Crippen LogP contribution in [0.1, 0.15) is 25.0 Å². The molecule has 0 aliphatic rings. The highest BCUT2D eigenvalue weighted by Gasteiger charge is 2.17. The lowest BCUT2D eigenvalue weighted by Crippen LogP contribution is -2.17. The zero-order chi connectivity index (χ0) is 9.84. The summed E-state index contributed by atoms with van der Waals surface area (Å²) in [5, 5.41) is 19.2. The maximum absolute atomic E-state index is 9.72. The molecule has 72 valence electrons. The van der Waals surface area contributed by atoms with Crippen LogP contribution >= 0.6 is 22.6 Å². The van der Waals surface area contributed by atoms with Gasteiger partial charge in [0.15, 0.2) is 0 Å². The molecule has 2 atom stereocenters. The Labute approximate surface area is 91.7 Å². The van der Waals surface area contributed by atoms with Crippen LogP contribution in [0.25, 0.3) is 0 Å². The summed E-state index contributed by atoms with van der Waals surface area (Å²) in [4.78, 5) is 0. The molecular formula is C10H13IO2. The Bertz CT molecular complexity index is 275. The summed E-state index contributed by atoms with van der Waals surface area (Å²) in [5.74, 6) is 0. The summed E-state index contributed by atoms with van der Waals surface area (Å²) in [6, 6.07) is 7.53. The van der Waals surface area contributed by atoms with Crippen molar-refractivity contribution in [3.8, 4) is 0 Å². The molecule has 2 nitrogen and oxygen atoms in total. The van der Waals surface area contributed by atoms with Crippen molar-refractivity contribution in [3.05, 3.63) is 33.4 Å². The van der Waals surface area contributed by atoms with Gasteiger partial charge in [-0.15, -0.1) is 0 Å². The Morgan fingerprint density at radius 2 is 1.92 bits per heavy atom. The Morgan fingerprint density at radius 1 is 1.31 bits per heavy atom. The predicted octanol–water partition coefficient (Wildman–Crippen LogP) is 2.10. The first-order valence-electron chi connectivity index (χ1n) is 4.27. The van der Waals surface area contributed by atoms with Crippen molar-refractivity contribution in [1.82, 2.24) is 0 Å². The lowest BCUT2D eigenvalue weighted by molar-refractivity contribution is 0.0160. The molecule has 0 heterocycles. The van der Waals surface area contributed by atoms with Crippen LogP contribution in [0.2, 0.25) is 0 Å². The second kappa shape index (κ2) is 4.93. The molecular weight excluding hydrogens is 279 g/mol. The molecule has 0 bridgehead atoms. The van der Waals surface area contributed by atoms with Crippen molar-refractivity contribution in [2.45, 2.75) is 25.6 Å². The first-order valence-corrected chi connectivity index (χ1v) is 5.35. The summed E-state index contributed by atoms with van der Waals surface area (Å²) in [7, 11) is 0. The number of benzene rings is 1. The Hall–Kier alpha value is -0.130. The maximum atomic E-state index is 9.72. The van der Waals surface area contributed by atoms with Crippen LogP contribution < -0.4 is 0 Å². The van der Waals surface area contributed by atoms with E-state index in [-0.39, 0.29) is 0 Å². The van der Waals surface area contributed by atoms with E-state index in [0.29, 0.717) is 6.42 Å². The van der Waals surface area contributed by atoms with Gasteiger partial charge >= 0.3 is 0 Å². The van der Waals surface area contributed by atoms with Crippen molar-refractivity contribution in [1.29, 1.82) is 0 Å². The standard InChI is InChI=1S/C10H13IO2/c1-2-9(12)10(13)7-5-3-4-6-8(7)11/h3-6,9-10,12-13H,2H2,1H3. The summed E-state index contributed by atoms with van der Waals surface area (Å²) in [6.07, 6.45) is -0.874. The third kappa shape index (κ3) is 2.65. The highest BCUT2D eigenvalue weighted by molar-refractivity contribution is 14.1. The second-order valence-corrected chi connectivity index (χ2v) is 4.10. The fourth-order valence-electron chi connectivity index (χ4n) is 1.15. The lowest BCUT2D eigenvalue weighted by Gasteiger charge is -2.17.